The van der Waals surface area contributed by atoms with E-state index in [0.717, 1.165) is 60.1 Å². The van der Waals surface area contributed by atoms with Crippen LogP contribution in [0.2, 0.25) is 0 Å². The monoisotopic (exact) mass is 685 g/mol. The molecule has 0 aliphatic heterocycles. The Balaban J connectivity index is 1.14. The quantitative estimate of drug-likeness (QED) is 0.129. The summed E-state index contributed by atoms with van der Waals surface area (Å²) in [6.45, 7) is 0. The lowest BCUT2D eigenvalue weighted by atomic mass is 9.95. The molecule has 1 atom stereocenters. The van der Waals surface area contributed by atoms with Crippen molar-refractivity contribution in [2.75, 3.05) is 17.7 Å². The number of fused-ring (bicyclic) bond motifs is 1. The number of likely N-dealkylation sites (N-methyl/N-ethyl adjacent to an activating group) is 1. The Kier molecular flexibility index (Phi) is 9.70. The van der Waals surface area contributed by atoms with Gasteiger partial charge in [0.05, 0.1) is 22.5 Å². The summed E-state index contributed by atoms with van der Waals surface area (Å²) in [6, 6.07) is 20.7. The van der Waals surface area contributed by atoms with Gasteiger partial charge in [0.2, 0.25) is 0 Å². The maximum Gasteiger partial charge on any atom is 0.335 e. The van der Waals surface area contributed by atoms with Crippen LogP contribution in [0.15, 0.2) is 77.7 Å². The largest absolute Gasteiger partial charge is 0.593 e. The number of aromatic carboxylic acids is 1. The number of carbonyl (C=O) groups excluding carboxylic acids is 2. The lowest BCUT2D eigenvalue weighted by Gasteiger charge is -2.25. The van der Waals surface area contributed by atoms with Gasteiger partial charge in [-0.1, -0.05) is 30.3 Å². The Morgan fingerprint density at radius 3 is 2.12 bits per heavy atom. The summed E-state index contributed by atoms with van der Waals surface area (Å²) >= 11 is -0.377. The van der Waals surface area contributed by atoms with Crippen molar-refractivity contribution in [2.24, 2.45) is 0 Å². The van der Waals surface area contributed by atoms with E-state index in [9.17, 15) is 28.8 Å². The number of hydrogen-bond acceptors (Lipinski definition) is 7. The van der Waals surface area contributed by atoms with Gasteiger partial charge < -0.3 is 25.4 Å². The van der Waals surface area contributed by atoms with Crippen LogP contribution in [0.3, 0.4) is 0 Å². The summed E-state index contributed by atoms with van der Waals surface area (Å²) in [6.07, 6.45) is 5.84. The molecule has 10 nitrogen and oxygen atoms in total. The number of aryl methyl sites for hydroxylation is 3. The number of nitrogens with zero attached hydrogens (tertiary/aromatic N) is 1. The number of carboxylic acid groups (broad SMARTS) is 2. The van der Waals surface area contributed by atoms with E-state index in [4.69, 9.17) is 5.11 Å². The van der Waals surface area contributed by atoms with Crippen LogP contribution < -0.4 is 10.6 Å². The minimum absolute atomic E-state index is 0.251. The van der Waals surface area contributed by atoms with Gasteiger partial charge in [0.15, 0.2) is 10.4 Å². The number of hydrogen-bond donors (Lipinski definition) is 4. The van der Waals surface area contributed by atoms with Gasteiger partial charge in [-0.15, -0.1) is 15.6 Å². The van der Waals surface area contributed by atoms with Crippen LogP contribution in [0, 0.1) is 0 Å². The van der Waals surface area contributed by atoms with Gasteiger partial charge in [0.25, 0.3) is 11.8 Å². The summed E-state index contributed by atoms with van der Waals surface area (Å²) in [5.74, 6) is -2.73. The molecule has 1 fully saturated rings. The smallest absolute Gasteiger partial charge is 0.335 e. The van der Waals surface area contributed by atoms with E-state index < -0.39 is 34.7 Å². The van der Waals surface area contributed by atoms with Crippen molar-refractivity contribution < 1.29 is 33.9 Å². The van der Waals surface area contributed by atoms with E-state index in [1.165, 1.54) is 28.8 Å². The zero-order chi connectivity index (χ0) is 34.0. The number of thiophene rings is 1. The molecule has 4 N–H and O–H groups in total. The Morgan fingerprint density at radius 2 is 1.50 bits per heavy atom. The van der Waals surface area contributed by atoms with E-state index in [2.05, 4.69) is 10.6 Å². The fraction of sp³-hybridized carbons (Fsp3) is 0.278. The third kappa shape index (κ3) is 7.02. The van der Waals surface area contributed by atoms with Crippen molar-refractivity contribution in [3.63, 3.8) is 0 Å². The predicted octanol–water partition coefficient (Wildman–Crippen LogP) is 6.19. The van der Waals surface area contributed by atoms with Crippen molar-refractivity contribution in [3.05, 3.63) is 111 Å². The van der Waals surface area contributed by atoms with Crippen LogP contribution >= 0.6 is 11.3 Å². The highest BCUT2D eigenvalue weighted by Crippen LogP contribution is 2.44. The summed E-state index contributed by atoms with van der Waals surface area (Å²) < 4.78 is 14.6. The van der Waals surface area contributed by atoms with E-state index in [0.29, 0.717) is 34.0 Å². The van der Waals surface area contributed by atoms with Crippen LogP contribution in [-0.4, -0.2) is 55.4 Å². The van der Waals surface area contributed by atoms with Crippen molar-refractivity contribution in [2.45, 2.75) is 61.8 Å². The molecule has 1 unspecified atom stereocenters. The van der Waals surface area contributed by atoms with Crippen molar-refractivity contribution in [1.82, 2.24) is 4.31 Å². The zero-order valence-corrected chi connectivity index (χ0v) is 27.9. The van der Waals surface area contributed by atoms with E-state index >= 15 is 0 Å². The van der Waals surface area contributed by atoms with Crippen LogP contribution in [0.1, 0.15) is 78.3 Å². The molecule has 3 aromatic carbocycles. The highest BCUT2D eigenvalue weighted by atomic mass is 32.2. The molecule has 248 valence electrons. The van der Waals surface area contributed by atoms with Crippen molar-refractivity contribution in [3.8, 4) is 0 Å². The Labute approximate surface area is 285 Å². The fourth-order valence-corrected chi connectivity index (χ4v) is 8.56. The maximum absolute atomic E-state index is 13.7. The summed E-state index contributed by atoms with van der Waals surface area (Å²) in [7, 11) is 1.52. The number of nitrogens with one attached hydrogen (secondary N) is 2. The third-order valence-corrected chi connectivity index (χ3v) is 11.7. The number of carboxylic acids is 2. The van der Waals surface area contributed by atoms with Crippen LogP contribution in [-0.2, 0) is 41.8 Å². The van der Waals surface area contributed by atoms with E-state index in [1.807, 2.05) is 36.4 Å². The molecule has 0 spiro atoms. The molecule has 1 saturated carbocycles. The van der Waals surface area contributed by atoms with Gasteiger partial charge in [0, 0.05) is 29.2 Å². The number of carbonyl (C=O) groups is 4. The molecule has 0 bridgehead atoms. The zero-order valence-electron chi connectivity index (χ0n) is 26.3. The lowest BCUT2D eigenvalue weighted by Crippen LogP contribution is -2.44. The second kappa shape index (κ2) is 13.9. The van der Waals surface area contributed by atoms with Crippen LogP contribution in [0.4, 0.5) is 10.7 Å². The number of benzene rings is 3. The first-order chi connectivity index (χ1) is 23.1. The number of aliphatic carboxylic acids is 1. The molecule has 2 aliphatic carbocycles. The minimum Gasteiger partial charge on any atom is -0.593 e. The SMILES string of the molecule is CN([S+]([O-])c1cccc(C(=O)Nc2sc3c(c2C(=O)Nc2ccc(CCc4ccc(C(=O)O)cc4)cc2)CCCC3)c1)C1(C(=O)O)CC1. The molecule has 1 heterocycles. The third-order valence-electron chi connectivity index (χ3n) is 9.01. The molecule has 0 saturated heterocycles. The first kappa shape index (κ1) is 33.4. The highest BCUT2D eigenvalue weighted by Gasteiger charge is 2.59. The fourth-order valence-electron chi connectivity index (χ4n) is 5.97. The molecule has 2 amide bonds. The maximum atomic E-state index is 13.7. The second-order valence-corrected chi connectivity index (χ2v) is 14.8. The van der Waals surface area contributed by atoms with Gasteiger partial charge in [-0.05, 0) is 104 Å². The topological polar surface area (TPSA) is 159 Å². The molecular formula is C36H35N3O7S2. The van der Waals surface area contributed by atoms with E-state index in [-0.39, 0.29) is 17.0 Å². The molecule has 1 aromatic heterocycles. The summed E-state index contributed by atoms with van der Waals surface area (Å²) in [5, 5.41) is 25.1. The average molecular weight is 686 g/mol. The van der Waals surface area contributed by atoms with Gasteiger partial charge in [0.1, 0.15) is 5.00 Å². The first-order valence-electron chi connectivity index (χ1n) is 15.7. The molecule has 6 rings (SSSR count). The average Bonchev–Trinajstić information content (AvgIpc) is 3.83. The summed E-state index contributed by atoms with van der Waals surface area (Å²) in [4.78, 5) is 51.5. The lowest BCUT2D eigenvalue weighted by molar-refractivity contribution is -0.142. The minimum atomic E-state index is -1.78. The van der Waals surface area contributed by atoms with Gasteiger partial charge in [-0.3, -0.25) is 14.4 Å². The van der Waals surface area contributed by atoms with Crippen LogP contribution in [0.5, 0.6) is 0 Å². The van der Waals surface area contributed by atoms with Gasteiger partial charge >= 0.3 is 11.9 Å². The molecule has 0 radical (unpaired) electrons. The number of rotatable bonds is 12. The Morgan fingerprint density at radius 1 is 0.854 bits per heavy atom. The molecule has 4 aromatic rings. The van der Waals surface area contributed by atoms with Crippen molar-refractivity contribution >= 4 is 57.1 Å². The van der Waals surface area contributed by atoms with Gasteiger partial charge in [-0.2, -0.15) is 0 Å². The molecule has 2 aliphatic rings. The second-order valence-electron chi connectivity index (χ2n) is 12.1. The number of amides is 2. The Hall–Kier alpha value is -4.49. The number of anilines is 2. The van der Waals surface area contributed by atoms with Crippen molar-refractivity contribution in [1.29, 1.82) is 0 Å². The normalized spacial score (nSPS) is 15.3. The highest BCUT2D eigenvalue weighted by molar-refractivity contribution is 7.89. The van der Waals surface area contributed by atoms with Gasteiger partial charge in [-0.25, -0.2) is 4.79 Å². The van der Waals surface area contributed by atoms with E-state index in [1.54, 1.807) is 30.3 Å². The van der Waals surface area contributed by atoms with Crippen LogP contribution in [0.25, 0.3) is 0 Å². The first-order valence-corrected chi connectivity index (χ1v) is 17.7. The molecule has 48 heavy (non-hydrogen) atoms. The Bertz CT molecular complexity index is 1870. The standard InChI is InChI=1S/C36H35N3O7S2/c1-39(36(19-20-36)35(44)45)48(46)27-6-4-5-25(21-27)31(40)38-33-30(28-7-2-3-8-29(28)47-33)32(41)37-26-17-13-23(14-18-26)10-9-22-11-15-24(16-12-22)34(42)43/h4-6,11-18,21H,2-3,7-10,19-20H2,1H3,(H,37,41)(H,38,40)(H,42,43)(H,44,45). The predicted molar refractivity (Wildman–Crippen MR) is 184 cm³/mol. The summed E-state index contributed by atoms with van der Waals surface area (Å²) in [5.41, 5.74) is 3.48. The molecule has 12 heteroatoms. The molecular weight excluding hydrogens is 651 g/mol.